The minimum atomic E-state index is -0.433. The van der Waals surface area contributed by atoms with Crippen LogP contribution in [0, 0.1) is 5.82 Å². The normalized spacial score (nSPS) is 13.0. The number of nitrogens with one attached hydrogen (secondary N) is 1. The van der Waals surface area contributed by atoms with Crippen molar-refractivity contribution in [3.8, 4) is 5.69 Å². The average Bonchev–Trinajstić information content (AvgIpc) is 3.36. The largest absolute Gasteiger partial charge is 0.465 e. The summed E-state index contributed by atoms with van der Waals surface area (Å²) in [5.41, 5.74) is 2.04. The summed E-state index contributed by atoms with van der Waals surface area (Å²) in [6.07, 6.45) is 3.81. The van der Waals surface area contributed by atoms with E-state index in [0.29, 0.717) is 21.4 Å². The molecule has 1 N–H and O–H groups in total. The predicted octanol–water partition coefficient (Wildman–Crippen LogP) is 3.26. The van der Waals surface area contributed by atoms with Crippen LogP contribution in [0.2, 0.25) is 0 Å². The lowest BCUT2D eigenvalue weighted by Crippen LogP contribution is -2.17. The quantitative estimate of drug-likeness (QED) is 0.457. The SMILES string of the molecule is COC(=O)c1c(NC(=O)CSc2nnnn2-c2ccc(F)cc2)sc2c1CCCC2. The fourth-order valence-corrected chi connectivity index (χ4v) is 5.26. The number of aromatic nitrogens is 4. The molecule has 0 spiro atoms. The molecular weight excluding hydrogens is 429 g/mol. The van der Waals surface area contributed by atoms with Crippen molar-refractivity contribution >= 4 is 40.0 Å². The molecule has 0 saturated carbocycles. The summed E-state index contributed by atoms with van der Waals surface area (Å²) in [5.74, 6) is -1.03. The Bertz CT molecular complexity index is 1080. The van der Waals surface area contributed by atoms with E-state index >= 15 is 0 Å². The maximum absolute atomic E-state index is 13.1. The van der Waals surface area contributed by atoms with Crippen molar-refractivity contribution in [1.29, 1.82) is 0 Å². The maximum Gasteiger partial charge on any atom is 0.341 e. The highest BCUT2D eigenvalue weighted by Gasteiger charge is 2.27. The van der Waals surface area contributed by atoms with Gasteiger partial charge in [-0.25, -0.2) is 9.18 Å². The standard InChI is InChI=1S/C19H18FN5O3S2/c1-28-18(27)16-13-4-2-3-5-14(13)30-17(16)21-15(26)10-29-19-22-23-24-25(19)12-8-6-11(20)7-9-12/h6-9H,2-5,10H2,1H3,(H,21,26). The number of anilines is 1. The van der Waals surface area contributed by atoms with E-state index in [4.69, 9.17) is 4.74 Å². The van der Waals surface area contributed by atoms with Crippen LogP contribution in [0.15, 0.2) is 29.4 Å². The number of methoxy groups -OCH3 is 1. The van der Waals surface area contributed by atoms with Gasteiger partial charge in [0, 0.05) is 4.88 Å². The Morgan fingerprint density at radius 1 is 1.27 bits per heavy atom. The lowest BCUT2D eigenvalue weighted by molar-refractivity contribution is -0.113. The Morgan fingerprint density at radius 2 is 2.03 bits per heavy atom. The number of thiophene rings is 1. The number of hydrogen-bond donors (Lipinski definition) is 1. The Morgan fingerprint density at radius 3 is 2.80 bits per heavy atom. The summed E-state index contributed by atoms with van der Waals surface area (Å²) in [4.78, 5) is 26.0. The van der Waals surface area contributed by atoms with Gasteiger partial charge in [-0.15, -0.1) is 16.4 Å². The van der Waals surface area contributed by atoms with E-state index in [1.807, 2.05) is 0 Å². The molecule has 4 rings (SSSR count). The van der Waals surface area contributed by atoms with Crippen LogP contribution in [0.3, 0.4) is 0 Å². The maximum atomic E-state index is 13.1. The third-order valence-corrected chi connectivity index (χ3v) is 6.78. The molecule has 0 unspecified atom stereocenters. The lowest BCUT2D eigenvalue weighted by Gasteiger charge is -2.11. The first-order valence-electron chi connectivity index (χ1n) is 9.26. The van der Waals surface area contributed by atoms with Crippen LogP contribution in [0.25, 0.3) is 5.69 Å². The van der Waals surface area contributed by atoms with Crippen LogP contribution >= 0.6 is 23.1 Å². The molecular formula is C19H18FN5O3S2. The third kappa shape index (κ3) is 4.21. The van der Waals surface area contributed by atoms with Gasteiger partial charge < -0.3 is 10.1 Å². The summed E-state index contributed by atoms with van der Waals surface area (Å²) in [6.45, 7) is 0. The molecule has 0 radical (unpaired) electrons. The summed E-state index contributed by atoms with van der Waals surface area (Å²) in [7, 11) is 1.34. The number of fused-ring (bicyclic) bond motifs is 1. The van der Waals surface area contributed by atoms with Crippen molar-refractivity contribution < 1.29 is 18.7 Å². The number of amides is 1. The van der Waals surface area contributed by atoms with E-state index in [1.165, 1.54) is 35.3 Å². The molecule has 0 bridgehead atoms. The van der Waals surface area contributed by atoms with Crippen LogP contribution in [0.4, 0.5) is 9.39 Å². The van der Waals surface area contributed by atoms with E-state index in [-0.39, 0.29) is 17.5 Å². The highest BCUT2D eigenvalue weighted by molar-refractivity contribution is 7.99. The smallest absolute Gasteiger partial charge is 0.341 e. The van der Waals surface area contributed by atoms with Crippen molar-refractivity contribution in [2.24, 2.45) is 0 Å². The van der Waals surface area contributed by atoms with Gasteiger partial charge in [0.05, 0.1) is 24.1 Å². The molecule has 1 amide bonds. The molecule has 1 aliphatic carbocycles. The molecule has 0 fully saturated rings. The Labute approximate surface area is 179 Å². The van der Waals surface area contributed by atoms with Crippen LogP contribution in [0.5, 0.6) is 0 Å². The van der Waals surface area contributed by atoms with Crippen LogP contribution in [-0.4, -0.2) is 44.9 Å². The monoisotopic (exact) mass is 447 g/mol. The number of nitrogens with zero attached hydrogens (tertiary/aromatic N) is 4. The first-order chi connectivity index (χ1) is 14.6. The average molecular weight is 448 g/mol. The predicted molar refractivity (Wildman–Crippen MR) is 111 cm³/mol. The molecule has 2 aromatic heterocycles. The number of thioether (sulfide) groups is 1. The minimum Gasteiger partial charge on any atom is -0.465 e. The van der Waals surface area contributed by atoms with Gasteiger partial charge in [0.1, 0.15) is 10.8 Å². The number of esters is 1. The number of aryl methyl sites for hydroxylation is 1. The zero-order valence-corrected chi connectivity index (χ0v) is 17.7. The van der Waals surface area contributed by atoms with Crippen LogP contribution in [0.1, 0.15) is 33.6 Å². The van der Waals surface area contributed by atoms with Gasteiger partial charge in [-0.2, -0.15) is 4.68 Å². The van der Waals surface area contributed by atoms with Crippen molar-refractivity contribution in [1.82, 2.24) is 20.2 Å². The zero-order chi connectivity index (χ0) is 21.1. The Hall–Kier alpha value is -2.79. The molecule has 3 aromatic rings. The number of ether oxygens (including phenoxy) is 1. The van der Waals surface area contributed by atoms with Gasteiger partial charge in [0.15, 0.2) is 0 Å². The fraction of sp³-hybridized carbons (Fsp3) is 0.316. The Balaban J connectivity index is 1.47. The third-order valence-electron chi connectivity index (χ3n) is 4.66. The van der Waals surface area contributed by atoms with Crippen LogP contribution < -0.4 is 5.32 Å². The zero-order valence-electron chi connectivity index (χ0n) is 16.1. The lowest BCUT2D eigenvalue weighted by atomic mass is 9.95. The van der Waals surface area contributed by atoms with Crippen molar-refractivity contribution in [2.45, 2.75) is 30.8 Å². The molecule has 0 aliphatic heterocycles. The van der Waals surface area contributed by atoms with Crippen molar-refractivity contribution in [2.75, 3.05) is 18.2 Å². The van der Waals surface area contributed by atoms with Gasteiger partial charge in [-0.1, -0.05) is 11.8 Å². The summed E-state index contributed by atoms with van der Waals surface area (Å²) in [5, 5.41) is 15.2. The van der Waals surface area contributed by atoms with E-state index in [2.05, 4.69) is 20.8 Å². The summed E-state index contributed by atoms with van der Waals surface area (Å²) in [6, 6.07) is 5.72. The molecule has 1 aliphatic rings. The number of carbonyl (C=O) groups is 2. The van der Waals surface area contributed by atoms with Gasteiger partial charge in [-0.3, -0.25) is 4.79 Å². The number of tetrazole rings is 1. The molecule has 1 aromatic carbocycles. The fourth-order valence-electron chi connectivity index (χ4n) is 3.28. The number of rotatable bonds is 6. The molecule has 30 heavy (non-hydrogen) atoms. The molecule has 0 atom stereocenters. The van der Waals surface area contributed by atoms with E-state index in [9.17, 15) is 14.0 Å². The van der Waals surface area contributed by atoms with Crippen molar-refractivity contribution in [3.05, 3.63) is 46.1 Å². The highest BCUT2D eigenvalue weighted by Crippen LogP contribution is 2.38. The van der Waals surface area contributed by atoms with E-state index in [1.54, 1.807) is 12.1 Å². The van der Waals surface area contributed by atoms with Crippen molar-refractivity contribution in [3.63, 3.8) is 0 Å². The molecule has 156 valence electrons. The highest BCUT2D eigenvalue weighted by atomic mass is 32.2. The van der Waals surface area contributed by atoms with E-state index in [0.717, 1.165) is 47.9 Å². The first kappa shape index (κ1) is 20.5. The van der Waals surface area contributed by atoms with Gasteiger partial charge in [-0.05, 0) is 65.9 Å². The van der Waals surface area contributed by atoms with Gasteiger partial charge in [0.2, 0.25) is 11.1 Å². The topological polar surface area (TPSA) is 99.0 Å². The van der Waals surface area contributed by atoms with Gasteiger partial charge >= 0.3 is 5.97 Å². The summed E-state index contributed by atoms with van der Waals surface area (Å²) < 4.78 is 19.5. The second-order valence-corrected chi connectivity index (χ2v) is 8.64. The molecule has 0 saturated heterocycles. The minimum absolute atomic E-state index is 0.0464. The molecule has 2 heterocycles. The van der Waals surface area contributed by atoms with E-state index < -0.39 is 5.97 Å². The number of carbonyl (C=O) groups excluding carboxylic acids is 2. The van der Waals surface area contributed by atoms with Crippen LogP contribution in [-0.2, 0) is 22.4 Å². The number of benzene rings is 1. The second-order valence-electron chi connectivity index (χ2n) is 6.59. The summed E-state index contributed by atoms with van der Waals surface area (Å²) >= 11 is 2.58. The number of halogens is 1. The molecule has 8 nitrogen and oxygen atoms in total. The van der Waals surface area contributed by atoms with Gasteiger partial charge in [0.25, 0.3) is 0 Å². The second kappa shape index (κ2) is 8.92. The number of hydrogen-bond acceptors (Lipinski definition) is 8. The Kier molecular flexibility index (Phi) is 6.09. The first-order valence-corrected chi connectivity index (χ1v) is 11.1. The molecule has 11 heteroatoms.